The van der Waals surface area contributed by atoms with Crippen LogP contribution in [0.25, 0.3) is 0 Å². The zero-order chi connectivity index (χ0) is 8.10. The van der Waals surface area contributed by atoms with Gasteiger partial charge in [0.1, 0.15) is 0 Å². The summed E-state index contributed by atoms with van der Waals surface area (Å²) in [7, 11) is 0. The highest BCUT2D eigenvalue weighted by molar-refractivity contribution is 4.65. The van der Waals surface area contributed by atoms with Gasteiger partial charge in [-0.25, -0.2) is 10.9 Å². The Morgan fingerprint density at radius 3 is 2.91 bits per heavy atom. The zero-order valence-corrected chi connectivity index (χ0v) is 7.18. The predicted molar refractivity (Wildman–Crippen MR) is 43.7 cm³/mol. The molecule has 1 rings (SSSR count). The third kappa shape index (κ3) is 3.67. The van der Waals surface area contributed by atoms with Crippen molar-refractivity contribution in [1.82, 2.24) is 16.2 Å². The molecule has 0 spiro atoms. The summed E-state index contributed by atoms with van der Waals surface area (Å²) in [5, 5.41) is 3.18. The lowest BCUT2D eigenvalue weighted by Gasteiger charge is -2.11. The lowest BCUT2D eigenvalue weighted by molar-refractivity contribution is 0.0888. The van der Waals surface area contributed by atoms with Crippen LogP contribution in [0.5, 0.6) is 0 Å². The van der Waals surface area contributed by atoms with Crippen LogP contribution in [0, 0.1) is 5.92 Å². The number of ether oxygens (including phenoxy) is 1. The average molecular weight is 159 g/mol. The highest BCUT2D eigenvalue weighted by Crippen LogP contribution is 1.93. The minimum Gasteiger partial charge on any atom is -0.378 e. The van der Waals surface area contributed by atoms with Gasteiger partial charge in [-0.2, -0.15) is 0 Å². The minimum atomic E-state index is 0.272. The second-order valence-electron chi connectivity index (χ2n) is 3.19. The van der Waals surface area contributed by atoms with Crippen LogP contribution in [0.3, 0.4) is 0 Å². The van der Waals surface area contributed by atoms with E-state index in [2.05, 4.69) is 30.0 Å². The monoisotopic (exact) mass is 159 g/mol. The first-order chi connectivity index (χ1) is 5.29. The zero-order valence-electron chi connectivity index (χ0n) is 7.18. The van der Waals surface area contributed by atoms with E-state index in [4.69, 9.17) is 4.74 Å². The van der Waals surface area contributed by atoms with E-state index in [1.54, 1.807) is 0 Å². The Kier molecular flexibility index (Phi) is 3.79. The molecular weight excluding hydrogens is 142 g/mol. The predicted octanol–water partition coefficient (Wildman–Crippen LogP) is -0.360. The summed E-state index contributed by atoms with van der Waals surface area (Å²) in [6, 6.07) is 0. The molecule has 1 atom stereocenters. The minimum absolute atomic E-state index is 0.272. The molecule has 1 aliphatic rings. The van der Waals surface area contributed by atoms with Gasteiger partial charge in [0.2, 0.25) is 0 Å². The molecule has 0 amide bonds. The molecule has 0 aromatic carbocycles. The Hall–Kier alpha value is -0.160. The molecule has 0 aliphatic carbocycles. The van der Waals surface area contributed by atoms with Crippen LogP contribution in [0.2, 0.25) is 0 Å². The van der Waals surface area contributed by atoms with Gasteiger partial charge in [0.05, 0.1) is 19.4 Å². The number of hydrazine groups is 1. The van der Waals surface area contributed by atoms with Crippen molar-refractivity contribution in [3.63, 3.8) is 0 Å². The molecule has 1 unspecified atom stereocenters. The quantitative estimate of drug-likeness (QED) is 0.524. The number of nitrogens with one attached hydrogen (secondary N) is 3. The Labute approximate surface area is 67.7 Å². The lowest BCUT2D eigenvalue weighted by atomic mass is 10.2. The number of hydrogen-bond acceptors (Lipinski definition) is 4. The van der Waals surface area contributed by atoms with Crippen molar-refractivity contribution < 1.29 is 4.74 Å². The van der Waals surface area contributed by atoms with Crippen LogP contribution >= 0.6 is 0 Å². The summed E-state index contributed by atoms with van der Waals surface area (Å²) in [6.07, 6.45) is 0.272. The summed E-state index contributed by atoms with van der Waals surface area (Å²) >= 11 is 0. The molecule has 4 nitrogen and oxygen atoms in total. The van der Waals surface area contributed by atoms with Gasteiger partial charge in [0.25, 0.3) is 0 Å². The average Bonchev–Trinajstić information content (AvgIpc) is 2.39. The summed E-state index contributed by atoms with van der Waals surface area (Å²) in [5.74, 6) is 0.615. The van der Waals surface area contributed by atoms with Crippen LogP contribution in [0.1, 0.15) is 13.8 Å². The van der Waals surface area contributed by atoms with Crippen LogP contribution in [-0.2, 0) is 4.74 Å². The van der Waals surface area contributed by atoms with Gasteiger partial charge in [-0.15, -0.1) is 0 Å². The smallest absolute Gasteiger partial charge is 0.0951 e. The molecule has 66 valence electrons. The second-order valence-corrected chi connectivity index (χ2v) is 3.19. The van der Waals surface area contributed by atoms with Crippen LogP contribution < -0.4 is 16.2 Å². The third-order valence-electron chi connectivity index (χ3n) is 1.45. The second kappa shape index (κ2) is 4.66. The highest BCUT2D eigenvalue weighted by Gasteiger charge is 2.11. The molecule has 1 heterocycles. The largest absolute Gasteiger partial charge is 0.378 e. The maximum absolute atomic E-state index is 5.41. The van der Waals surface area contributed by atoms with E-state index >= 15 is 0 Å². The molecule has 1 saturated heterocycles. The molecule has 3 N–H and O–H groups in total. The van der Waals surface area contributed by atoms with Crippen LogP contribution in [0.15, 0.2) is 0 Å². The first kappa shape index (κ1) is 8.93. The van der Waals surface area contributed by atoms with Gasteiger partial charge in [-0.1, -0.05) is 13.8 Å². The van der Waals surface area contributed by atoms with Crippen molar-refractivity contribution in [3.8, 4) is 0 Å². The molecule has 1 aliphatic heterocycles. The Morgan fingerprint density at radius 2 is 2.36 bits per heavy atom. The van der Waals surface area contributed by atoms with Crippen molar-refractivity contribution in [2.75, 3.05) is 19.9 Å². The molecule has 4 heteroatoms. The fourth-order valence-corrected chi connectivity index (χ4v) is 0.922. The van der Waals surface area contributed by atoms with Crippen molar-refractivity contribution in [1.29, 1.82) is 0 Å². The van der Waals surface area contributed by atoms with Crippen molar-refractivity contribution in [2.24, 2.45) is 5.92 Å². The molecule has 0 saturated carbocycles. The van der Waals surface area contributed by atoms with Crippen molar-refractivity contribution >= 4 is 0 Å². The molecular formula is C7H17N3O. The van der Waals surface area contributed by atoms with Gasteiger partial charge < -0.3 is 4.74 Å². The topological polar surface area (TPSA) is 45.3 Å². The first-order valence-corrected chi connectivity index (χ1v) is 4.08. The SMILES string of the molecule is CC(C)COCC1NCNN1. The molecule has 0 radical (unpaired) electrons. The third-order valence-corrected chi connectivity index (χ3v) is 1.45. The van der Waals surface area contributed by atoms with Gasteiger partial charge >= 0.3 is 0 Å². The van der Waals surface area contributed by atoms with E-state index in [1.165, 1.54) is 0 Å². The Bertz CT molecular complexity index is 102. The maximum atomic E-state index is 5.41. The number of hydrogen-bond donors (Lipinski definition) is 3. The van der Waals surface area contributed by atoms with Crippen LogP contribution in [-0.4, -0.2) is 26.0 Å². The van der Waals surface area contributed by atoms with E-state index in [-0.39, 0.29) is 6.17 Å². The first-order valence-electron chi connectivity index (χ1n) is 4.08. The standard InChI is InChI=1S/C7H17N3O/c1-6(2)3-11-4-7-8-5-9-10-7/h6-10H,3-5H2,1-2H3. The van der Waals surface area contributed by atoms with E-state index < -0.39 is 0 Å². The molecule has 1 fully saturated rings. The Balaban J connectivity index is 1.94. The maximum Gasteiger partial charge on any atom is 0.0951 e. The number of rotatable bonds is 4. The summed E-state index contributed by atoms with van der Waals surface area (Å²) < 4.78 is 5.41. The Morgan fingerprint density at radius 1 is 1.55 bits per heavy atom. The fraction of sp³-hybridized carbons (Fsp3) is 1.00. The molecule has 0 aromatic rings. The van der Waals surface area contributed by atoms with E-state index in [0.717, 1.165) is 19.9 Å². The van der Waals surface area contributed by atoms with E-state index in [1.807, 2.05) is 0 Å². The summed E-state index contributed by atoms with van der Waals surface area (Å²) in [6.45, 7) is 6.67. The molecule has 0 aromatic heterocycles. The lowest BCUT2D eigenvalue weighted by Crippen LogP contribution is -2.38. The summed E-state index contributed by atoms with van der Waals surface area (Å²) in [5.41, 5.74) is 6.01. The molecule has 11 heavy (non-hydrogen) atoms. The highest BCUT2D eigenvalue weighted by atomic mass is 16.5. The van der Waals surface area contributed by atoms with Crippen molar-refractivity contribution in [3.05, 3.63) is 0 Å². The normalized spacial score (nSPS) is 24.8. The van der Waals surface area contributed by atoms with Gasteiger partial charge in [0.15, 0.2) is 0 Å². The van der Waals surface area contributed by atoms with Crippen LogP contribution in [0.4, 0.5) is 0 Å². The van der Waals surface area contributed by atoms with Gasteiger partial charge in [-0.3, -0.25) is 5.32 Å². The van der Waals surface area contributed by atoms with Crippen molar-refractivity contribution in [2.45, 2.75) is 20.0 Å². The van der Waals surface area contributed by atoms with E-state index in [0.29, 0.717) is 5.92 Å². The fourth-order valence-electron chi connectivity index (χ4n) is 0.922. The van der Waals surface area contributed by atoms with Gasteiger partial charge in [-0.05, 0) is 5.92 Å². The van der Waals surface area contributed by atoms with E-state index in [9.17, 15) is 0 Å². The van der Waals surface area contributed by atoms with Gasteiger partial charge in [0, 0.05) is 6.61 Å². The summed E-state index contributed by atoms with van der Waals surface area (Å²) in [4.78, 5) is 0. The molecule has 0 bridgehead atoms.